The van der Waals surface area contributed by atoms with Gasteiger partial charge >= 0.3 is 0 Å². The second-order valence-corrected chi connectivity index (χ2v) is 7.50. The zero-order chi connectivity index (χ0) is 16.3. The highest BCUT2D eigenvalue weighted by Gasteiger charge is 2.26. The first kappa shape index (κ1) is 16.0. The van der Waals surface area contributed by atoms with Gasteiger partial charge in [0.15, 0.2) is 0 Å². The molecule has 2 aromatic rings. The largest absolute Gasteiger partial charge is 0.457 e. The molecule has 0 spiro atoms. The van der Waals surface area contributed by atoms with Crippen molar-refractivity contribution in [3.05, 3.63) is 54.6 Å². The van der Waals surface area contributed by atoms with Gasteiger partial charge in [-0.25, -0.2) is 13.1 Å². The van der Waals surface area contributed by atoms with Crippen LogP contribution in [0.4, 0.5) is 0 Å². The van der Waals surface area contributed by atoms with Gasteiger partial charge < -0.3 is 10.5 Å². The van der Waals surface area contributed by atoms with Crippen molar-refractivity contribution in [3.63, 3.8) is 0 Å². The van der Waals surface area contributed by atoms with Crippen LogP contribution in [0, 0.1) is 0 Å². The molecule has 3 N–H and O–H groups in total. The standard InChI is InChI=1S/C17H20N2O3S/c18-13-9-10-14(11-13)19-23(20,21)17-8-4-7-16(12-17)22-15-5-2-1-3-6-15/h1-8,12-14,19H,9-11,18H2/t13-,14-/m1/s1. The molecule has 0 radical (unpaired) electrons. The average Bonchev–Trinajstić information content (AvgIpc) is 2.93. The highest BCUT2D eigenvalue weighted by molar-refractivity contribution is 7.89. The Morgan fingerprint density at radius 1 is 1.00 bits per heavy atom. The maximum Gasteiger partial charge on any atom is 0.240 e. The van der Waals surface area contributed by atoms with E-state index in [2.05, 4.69) is 4.72 Å². The van der Waals surface area contributed by atoms with E-state index in [0.29, 0.717) is 17.9 Å². The number of nitrogens with one attached hydrogen (secondary N) is 1. The molecule has 3 rings (SSSR count). The minimum atomic E-state index is -3.57. The molecule has 0 saturated heterocycles. The van der Waals surface area contributed by atoms with Crippen LogP contribution in [-0.4, -0.2) is 20.5 Å². The second kappa shape index (κ2) is 6.70. The summed E-state index contributed by atoms with van der Waals surface area (Å²) in [4.78, 5) is 0.200. The van der Waals surface area contributed by atoms with Gasteiger partial charge in [-0.1, -0.05) is 24.3 Å². The van der Waals surface area contributed by atoms with Crippen LogP contribution in [0.2, 0.25) is 0 Å². The SMILES string of the molecule is N[C@@H]1CC[C@@H](NS(=O)(=O)c2cccc(Oc3ccccc3)c2)C1. The molecule has 0 aliphatic heterocycles. The third-order valence-electron chi connectivity index (χ3n) is 3.89. The van der Waals surface area contributed by atoms with E-state index in [-0.39, 0.29) is 17.0 Å². The lowest BCUT2D eigenvalue weighted by atomic mass is 10.2. The molecular weight excluding hydrogens is 312 g/mol. The monoisotopic (exact) mass is 332 g/mol. The topological polar surface area (TPSA) is 81.4 Å². The summed E-state index contributed by atoms with van der Waals surface area (Å²) in [5.41, 5.74) is 5.84. The molecule has 0 unspecified atom stereocenters. The lowest BCUT2D eigenvalue weighted by molar-refractivity contribution is 0.480. The molecule has 23 heavy (non-hydrogen) atoms. The van der Waals surface area contributed by atoms with E-state index in [9.17, 15) is 8.42 Å². The summed E-state index contributed by atoms with van der Waals surface area (Å²) < 4.78 is 33.4. The number of benzene rings is 2. The van der Waals surface area contributed by atoms with Crippen LogP contribution >= 0.6 is 0 Å². The van der Waals surface area contributed by atoms with Crippen molar-refractivity contribution >= 4 is 10.0 Å². The minimum Gasteiger partial charge on any atom is -0.457 e. The lowest BCUT2D eigenvalue weighted by Crippen LogP contribution is -2.34. The zero-order valence-corrected chi connectivity index (χ0v) is 13.5. The number of hydrogen-bond donors (Lipinski definition) is 2. The fraction of sp³-hybridized carbons (Fsp3) is 0.294. The molecular formula is C17H20N2O3S. The highest BCUT2D eigenvalue weighted by atomic mass is 32.2. The normalized spacial score (nSPS) is 21.3. The van der Waals surface area contributed by atoms with Crippen LogP contribution in [0.15, 0.2) is 59.5 Å². The van der Waals surface area contributed by atoms with Crippen molar-refractivity contribution in [3.8, 4) is 11.5 Å². The van der Waals surface area contributed by atoms with E-state index in [1.54, 1.807) is 18.2 Å². The maximum absolute atomic E-state index is 12.5. The van der Waals surface area contributed by atoms with Crippen molar-refractivity contribution in [2.45, 2.75) is 36.2 Å². The van der Waals surface area contributed by atoms with Gasteiger partial charge in [-0.15, -0.1) is 0 Å². The van der Waals surface area contributed by atoms with Crippen molar-refractivity contribution in [2.75, 3.05) is 0 Å². The van der Waals surface area contributed by atoms with Gasteiger partial charge in [0.05, 0.1) is 4.90 Å². The van der Waals surface area contributed by atoms with Gasteiger partial charge in [0, 0.05) is 18.2 Å². The first-order chi connectivity index (χ1) is 11.0. The van der Waals surface area contributed by atoms with E-state index in [1.165, 1.54) is 6.07 Å². The first-order valence-corrected chi connectivity index (χ1v) is 9.12. The molecule has 5 nitrogen and oxygen atoms in total. The summed E-state index contributed by atoms with van der Waals surface area (Å²) in [6.07, 6.45) is 2.31. The van der Waals surface area contributed by atoms with Crippen LogP contribution in [-0.2, 0) is 10.0 Å². The van der Waals surface area contributed by atoms with Crippen molar-refractivity contribution in [1.29, 1.82) is 0 Å². The van der Waals surface area contributed by atoms with Gasteiger partial charge in [0.1, 0.15) is 11.5 Å². The van der Waals surface area contributed by atoms with Gasteiger partial charge in [0.2, 0.25) is 10.0 Å². The quantitative estimate of drug-likeness (QED) is 0.882. The number of rotatable bonds is 5. The Labute approximate surface area is 136 Å². The van der Waals surface area contributed by atoms with Crippen LogP contribution in [0.1, 0.15) is 19.3 Å². The van der Waals surface area contributed by atoms with E-state index < -0.39 is 10.0 Å². The summed E-state index contributed by atoms with van der Waals surface area (Å²) >= 11 is 0. The second-order valence-electron chi connectivity index (χ2n) is 5.78. The van der Waals surface area contributed by atoms with E-state index in [0.717, 1.165) is 12.8 Å². The molecule has 122 valence electrons. The fourth-order valence-electron chi connectivity index (χ4n) is 2.74. The van der Waals surface area contributed by atoms with Crippen LogP contribution in [0.25, 0.3) is 0 Å². The molecule has 0 aromatic heterocycles. The molecule has 1 aliphatic carbocycles. The Morgan fingerprint density at radius 2 is 1.74 bits per heavy atom. The first-order valence-electron chi connectivity index (χ1n) is 7.64. The molecule has 1 saturated carbocycles. The smallest absolute Gasteiger partial charge is 0.240 e. The molecule has 6 heteroatoms. The van der Waals surface area contributed by atoms with Gasteiger partial charge in [-0.3, -0.25) is 0 Å². The lowest BCUT2D eigenvalue weighted by Gasteiger charge is -2.14. The Kier molecular flexibility index (Phi) is 4.66. The van der Waals surface area contributed by atoms with Crippen molar-refractivity contribution in [2.24, 2.45) is 5.73 Å². The number of nitrogens with two attached hydrogens (primary N) is 1. The Bertz CT molecular complexity index is 762. The number of hydrogen-bond acceptors (Lipinski definition) is 4. The zero-order valence-electron chi connectivity index (χ0n) is 12.7. The molecule has 2 aromatic carbocycles. The van der Waals surface area contributed by atoms with Gasteiger partial charge in [-0.2, -0.15) is 0 Å². The van der Waals surface area contributed by atoms with E-state index >= 15 is 0 Å². The molecule has 1 aliphatic rings. The van der Waals surface area contributed by atoms with E-state index in [1.807, 2.05) is 30.3 Å². The molecule has 0 heterocycles. The highest BCUT2D eigenvalue weighted by Crippen LogP contribution is 2.25. The number of para-hydroxylation sites is 1. The Morgan fingerprint density at radius 3 is 2.43 bits per heavy atom. The van der Waals surface area contributed by atoms with Crippen LogP contribution < -0.4 is 15.2 Å². The summed E-state index contributed by atoms with van der Waals surface area (Å²) in [7, 11) is -3.57. The summed E-state index contributed by atoms with van der Waals surface area (Å²) in [5.74, 6) is 1.15. The average molecular weight is 332 g/mol. The van der Waals surface area contributed by atoms with Gasteiger partial charge in [-0.05, 0) is 43.5 Å². The Hall–Kier alpha value is -1.89. The number of ether oxygens (including phenoxy) is 1. The number of sulfonamides is 1. The third kappa shape index (κ3) is 4.10. The van der Waals surface area contributed by atoms with Crippen molar-refractivity contribution in [1.82, 2.24) is 4.72 Å². The van der Waals surface area contributed by atoms with Crippen LogP contribution in [0.5, 0.6) is 11.5 Å². The summed E-state index contributed by atoms with van der Waals surface area (Å²) in [5, 5.41) is 0. The van der Waals surface area contributed by atoms with E-state index in [4.69, 9.17) is 10.5 Å². The third-order valence-corrected chi connectivity index (χ3v) is 5.41. The predicted molar refractivity (Wildman–Crippen MR) is 88.9 cm³/mol. The van der Waals surface area contributed by atoms with Crippen molar-refractivity contribution < 1.29 is 13.2 Å². The van der Waals surface area contributed by atoms with Crippen LogP contribution in [0.3, 0.4) is 0 Å². The molecule has 1 fully saturated rings. The van der Waals surface area contributed by atoms with Gasteiger partial charge in [0.25, 0.3) is 0 Å². The fourth-order valence-corrected chi connectivity index (χ4v) is 4.06. The maximum atomic E-state index is 12.5. The predicted octanol–water partition coefficient (Wildman–Crippen LogP) is 2.64. The Balaban J connectivity index is 1.76. The summed E-state index contributed by atoms with van der Waals surface area (Å²) in [6, 6.07) is 15.7. The molecule has 0 bridgehead atoms. The molecule has 2 atom stereocenters. The molecule has 0 amide bonds. The summed E-state index contributed by atoms with van der Waals surface area (Å²) in [6.45, 7) is 0. The minimum absolute atomic E-state index is 0.0791.